The largest absolute Gasteiger partial charge is 0.489 e. The maximum Gasteiger partial charge on any atom is 0.216 e. The number of aryl methyl sites for hydroxylation is 1. The third kappa shape index (κ3) is 5.21. The zero-order valence-corrected chi connectivity index (χ0v) is 20.2. The second-order valence-corrected chi connectivity index (χ2v) is 8.79. The SMILES string of the molecule is CCCCCCOc1c2c(c(OCCCCCC)c3ccccc13)Oc1c(C)cccc1O2. The van der Waals surface area contributed by atoms with Crippen LogP contribution >= 0.6 is 0 Å². The van der Waals surface area contributed by atoms with Crippen molar-refractivity contribution in [2.75, 3.05) is 13.2 Å². The lowest BCUT2D eigenvalue weighted by Gasteiger charge is -2.27. The van der Waals surface area contributed by atoms with Gasteiger partial charge >= 0.3 is 0 Å². The third-order valence-corrected chi connectivity index (χ3v) is 6.12. The molecule has 1 aliphatic rings. The van der Waals surface area contributed by atoms with Crippen molar-refractivity contribution in [1.82, 2.24) is 0 Å². The zero-order valence-electron chi connectivity index (χ0n) is 20.2. The van der Waals surface area contributed by atoms with Crippen LogP contribution in [-0.4, -0.2) is 13.2 Å². The van der Waals surface area contributed by atoms with Crippen molar-refractivity contribution in [2.24, 2.45) is 0 Å². The molecule has 0 aliphatic carbocycles. The summed E-state index contributed by atoms with van der Waals surface area (Å²) in [6.45, 7) is 7.77. The van der Waals surface area contributed by atoms with Crippen LogP contribution in [0.15, 0.2) is 42.5 Å². The molecule has 0 unspecified atom stereocenters. The molecule has 0 atom stereocenters. The summed E-state index contributed by atoms with van der Waals surface area (Å²) >= 11 is 0. The van der Waals surface area contributed by atoms with E-state index in [1.807, 2.05) is 37.3 Å². The van der Waals surface area contributed by atoms with E-state index in [0.29, 0.717) is 30.5 Å². The van der Waals surface area contributed by atoms with Crippen LogP contribution in [0.2, 0.25) is 0 Å². The molecule has 0 saturated carbocycles. The molecular formula is C29H36O4. The quantitative estimate of drug-likeness (QED) is 0.203. The summed E-state index contributed by atoms with van der Waals surface area (Å²) in [5, 5.41) is 1.99. The molecule has 3 aromatic rings. The number of para-hydroxylation sites is 1. The molecule has 0 amide bonds. The van der Waals surface area contributed by atoms with E-state index in [0.717, 1.165) is 59.3 Å². The van der Waals surface area contributed by atoms with Gasteiger partial charge in [-0.1, -0.05) is 88.8 Å². The second kappa shape index (κ2) is 11.3. The highest BCUT2D eigenvalue weighted by molar-refractivity contribution is 5.99. The van der Waals surface area contributed by atoms with Crippen molar-refractivity contribution in [3.05, 3.63) is 48.0 Å². The van der Waals surface area contributed by atoms with Crippen molar-refractivity contribution < 1.29 is 18.9 Å². The predicted octanol–water partition coefficient (Wildman–Crippen LogP) is 8.96. The molecule has 33 heavy (non-hydrogen) atoms. The van der Waals surface area contributed by atoms with Crippen molar-refractivity contribution in [1.29, 1.82) is 0 Å². The lowest BCUT2D eigenvalue weighted by atomic mass is 10.1. The molecule has 4 nitrogen and oxygen atoms in total. The number of benzene rings is 3. The number of fused-ring (bicyclic) bond motifs is 3. The summed E-state index contributed by atoms with van der Waals surface area (Å²) in [5.74, 6) is 4.17. The van der Waals surface area contributed by atoms with Gasteiger partial charge in [-0.15, -0.1) is 0 Å². The van der Waals surface area contributed by atoms with Gasteiger partial charge in [0.05, 0.1) is 13.2 Å². The Morgan fingerprint density at radius 3 is 1.76 bits per heavy atom. The van der Waals surface area contributed by atoms with E-state index < -0.39 is 0 Å². The summed E-state index contributed by atoms with van der Waals surface area (Å²) in [7, 11) is 0. The van der Waals surface area contributed by atoms with Gasteiger partial charge in [0, 0.05) is 10.8 Å². The standard InChI is InChI=1S/C29H36O4/c1-4-6-8-12-19-30-26-22-16-10-11-17-23(22)27(31-20-13-9-7-5-2)29-28(26)32-24-18-14-15-21(3)25(24)33-29/h10-11,14-18H,4-9,12-13,19-20H2,1-3H3. The monoisotopic (exact) mass is 448 g/mol. The molecule has 3 aromatic carbocycles. The normalized spacial score (nSPS) is 12.0. The Hall–Kier alpha value is -2.88. The lowest BCUT2D eigenvalue weighted by Crippen LogP contribution is -2.08. The molecule has 0 fully saturated rings. The predicted molar refractivity (Wildman–Crippen MR) is 135 cm³/mol. The van der Waals surface area contributed by atoms with Crippen LogP contribution in [0.5, 0.6) is 34.5 Å². The third-order valence-electron chi connectivity index (χ3n) is 6.12. The number of rotatable bonds is 12. The van der Waals surface area contributed by atoms with Crippen LogP contribution < -0.4 is 18.9 Å². The first kappa shape index (κ1) is 23.3. The Balaban J connectivity index is 1.73. The molecule has 0 aromatic heterocycles. The Bertz CT molecular complexity index is 1070. The fourth-order valence-corrected chi connectivity index (χ4v) is 4.26. The van der Waals surface area contributed by atoms with E-state index in [9.17, 15) is 0 Å². The van der Waals surface area contributed by atoms with Crippen LogP contribution in [0.1, 0.15) is 70.8 Å². The fourth-order valence-electron chi connectivity index (χ4n) is 4.26. The zero-order chi connectivity index (χ0) is 23.0. The van der Waals surface area contributed by atoms with Gasteiger partial charge < -0.3 is 18.9 Å². The Kier molecular flexibility index (Phi) is 7.98. The summed E-state index contributed by atoms with van der Waals surface area (Å²) in [5.41, 5.74) is 1.03. The van der Waals surface area contributed by atoms with E-state index in [1.165, 1.54) is 25.7 Å². The fraction of sp³-hybridized carbons (Fsp3) is 0.448. The van der Waals surface area contributed by atoms with Gasteiger partial charge in [-0.05, 0) is 31.4 Å². The molecular weight excluding hydrogens is 412 g/mol. The van der Waals surface area contributed by atoms with Gasteiger partial charge in [0.1, 0.15) is 0 Å². The minimum atomic E-state index is 0.617. The van der Waals surface area contributed by atoms with Gasteiger partial charge in [0.15, 0.2) is 23.0 Å². The molecule has 4 heteroatoms. The lowest BCUT2D eigenvalue weighted by molar-refractivity contribution is 0.264. The highest BCUT2D eigenvalue weighted by atomic mass is 16.6. The first-order valence-corrected chi connectivity index (χ1v) is 12.5. The number of ether oxygens (including phenoxy) is 4. The Morgan fingerprint density at radius 1 is 0.606 bits per heavy atom. The summed E-state index contributed by atoms with van der Waals surface area (Å²) in [4.78, 5) is 0. The number of unbranched alkanes of at least 4 members (excludes halogenated alkanes) is 6. The van der Waals surface area contributed by atoms with Crippen LogP contribution in [-0.2, 0) is 0 Å². The molecule has 1 aliphatic heterocycles. The number of hydrogen-bond donors (Lipinski definition) is 0. The van der Waals surface area contributed by atoms with Gasteiger partial charge in [-0.2, -0.15) is 0 Å². The smallest absolute Gasteiger partial charge is 0.216 e. The van der Waals surface area contributed by atoms with Crippen LogP contribution in [0.25, 0.3) is 10.8 Å². The molecule has 0 N–H and O–H groups in total. The van der Waals surface area contributed by atoms with Crippen molar-refractivity contribution >= 4 is 10.8 Å². The molecule has 0 spiro atoms. The molecule has 0 saturated heterocycles. The van der Waals surface area contributed by atoms with Gasteiger partial charge in [0.2, 0.25) is 11.5 Å². The van der Waals surface area contributed by atoms with Crippen molar-refractivity contribution in [2.45, 2.75) is 72.1 Å². The highest BCUT2D eigenvalue weighted by Crippen LogP contribution is 2.58. The van der Waals surface area contributed by atoms with Gasteiger partial charge in [0.25, 0.3) is 0 Å². The van der Waals surface area contributed by atoms with Crippen LogP contribution in [0.3, 0.4) is 0 Å². The van der Waals surface area contributed by atoms with Crippen molar-refractivity contribution in [3.8, 4) is 34.5 Å². The molecule has 176 valence electrons. The minimum Gasteiger partial charge on any atom is -0.489 e. The second-order valence-electron chi connectivity index (χ2n) is 8.79. The maximum atomic E-state index is 6.48. The Morgan fingerprint density at radius 2 is 1.18 bits per heavy atom. The Labute approximate surface area is 197 Å². The highest BCUT2D eigenvalue weighted by Gasteiger charge is 2.31. The van der Waals surface area contributed by atoms with Crippen LogP contribution in [0.4, 0.5) is 0 Å². The summed E-state index contributed by atoms with van der Waals surface area (Å²) in [6.07, 6.45) is 9.21. The number of hydrogen-bond acceptors (Lipinski definition) is 4. The van der Waals surface area contributed by atoms with E-state index in [2.05, 4.69) is 26.0 Å². The van der Waals surface area contributed by atoms with Gasteiger partial charge in [-0.3, -0.25) is 0 Å². The van der Waals surface area contributed by atoms with E-state index >= 15 is 0 Å². The first-order valence-electron chi connectivity index (χ1n) is 12.5. The maximum absolute atomic E-state index is 6.48. The average Bonchev–Trinajstić information content (AvgIpc) is 2.84. The van der Waals surface area contributed by atoms with Gasteiger partial charge in [-0.25, -0.2) is 0 Å². The summed E-state index contributed by atoms with van der Waals surface area (Å²) < 4.78 is 25.6. The molecule has 0 bridgehead atoms. The molecule has 4 rings (SSSR count). The first-order chi connectivity index (χ1) is 16.2. The topological polar surface area (TPSA) is 36.9 Å². The summed E-state index contributed by atoms with van der Waals surface area (Å²) in [6, 6.07) is 14.2. The van der Waals surface area contributed by atoms with E-state index in [4.69, 9.17) is 18.9 Å². The van der Waals surface area contributed by atoms with Crippen molar-refractivity contribution in [3.63, 3.8) is 0 Å². The molecule has 0 radical (unpaired) electrons. The average molecular weight is 449 g/mol. The molecule has 1 heterocycles. The minimum absolute atomic E-state index is 0.617. The van der Waals surface area contributed by atoms with E-state index in [1.54, 1.807) is 0 Å². The van der Waals surface area contributed by atoms with E-state index in [-0.39, 0.29) is 0 Å². The van der Waals surface area contributed by atoms with Crippen LogP contribution in [0, 0.1) is 6.92 Å².